The van der Waals surface area contributed by atoms with Crippen molar-refractivity contribution >= 4 is 34.6 Å². The molecule has 1 saturated carbocycles. The fourth-order valence-corrected chi connectivity index (χ4v) is 4.85. The van der Waals surface area contributed by atoms with Crippen LogP contribution < -0.4 is 10.2 Å². The van der Waals surface area contributed by atoms with Gasteiger partial charge in [0.1, 0.15) is 0 Å². The van der Waals surface area contributed by atoms with Gasteiger partial charge in [0.25, 0.3) is 5.91 Å². The Balaban J connectivity index is 1.83. The lowest BCUT2D eigenvalue weighted by Gasteiger charge is -2.32. The van der Waals surface area contributed by atoms with Crippen molar-refractivity contribution < 1.29 is 18.8 Å². The molecule has 6 nitrogen and oxygen atoms in total. The predicted molar refractivity (Wildman–Crippen MR) is 119 cm³/mol. The second-order valence-corrected chi connectivity index (χ2v) is 8.61. The minimum absolute atomic E-state index is 0.0959. The minimum Gasteiger partial charge on any atom is -0.459 e. The van der Waals surface area contributed by atoms with Gasteiger partial charge in [-0.25, -0.2) is 0 Å². The van der Waals surface area contributed by atoms with Gasteiger partial charge in [0.2, 0.25) is 5.91 Å². The number of ketones is 1. The number of Topliss-reactive ketones (excluding diaryl/α,β-unsaturated/α-hetero) is 1. The van der Waals surface area contributed by atoms with Crippen molar-refractivity contribution in [3.8, 4) is 0 Å². The Morgan fingerprint density at radius 1 is 1.06 bits per heavy atom. The Morgan fingerprint density at radius 3 is 2.48 bits per heavy atom. The van der Waals surface area contributed by atoms with Crippen molar-refractivity contribution in [3.63, 3.8) is 0 Å². The van der Waals surface area contributed by atoms with E-state index in [-0.39, 0.29) is 23.5 Å². The van der Waals surface area contributed by atoms with E-state index in [1.165, 1.54) is 29.4 Å². The highest BCUT2D eigenvalue weighted by Crippen LogP contribution is 2.35. The molecule has 1 N–H and O–H groups in total. The van der Waals surface area contributed by atoms with Gasteiger partial charge in [-0.15, -0.1) is 11.3 Å². The number of amides is 2. The van der Waals surface area contributed by atoms with E-state index in [9.17, 15) is 14.4 Å². The molecule has 2 aromatic heterocycles. The van der Waals surface area contributed by atoms with Crippen LogP contribution in [-0.4, -0.2) is 23.6 Å². The second kappa shape index (κ2) is 9.31. The average molecular weight is 437 g/mol. The maximum absolute atomic E-state index is 13.6. The van der Waals surface area contributed by atoms with E-state index in [1.54, 1.807) is 36.4 Å². The maximum Gasteiger partial charge on any atom is 0.295 e. The number of rotatable bonds is 7. The Bertz CT molecular complexity index is 1050. The fraction of sp³-hybridized carbons (Fsp3) is 0.292. The highest BCUT2D eigenvalue weighted by Gasteiger charge is 2.37. The van der Waals surface area contributed by atoms with Crippen molar-refractivity contribution in [1.82, 2.24) is 5.32 Å². The van der Waals surface area contributed by atoms with Crippen molar-refractivity contribution in [2.24, 2.45) is 0 Å². The lowest BCUT2D eigenvalue weighted by Crippen LogP contribution is -2.46. The van der Waals surface area contributed by atoms with E-state index in [1.807, 2.05) is 17.5 Å². The van der Waals surface area contributed by atoms with Crippen LogP contribution in [0.1, 0.15) is 64.4 Å². The number of nitrogens with zero attached hydrogens (tertiary/aromatic N) is 1. The molecule has 0 aliphatic heterocycles. The largest absolute Gasteiger partial charge is 0.459 e. The third-order valence-corrected chi connectivity index (χ3v) is 6.44. The molecule has 2 heterocycles. The van der Waals surface area contributed by atoms with Crippen LogP contribution in [0.4, 0.5) is 5.69 Å². The Labute approximate surface area is 184 Å². The van der Waals surface area contributed by atoms with Gasteiger partial charge in [-0.3, -0.25) is 19.3 Å². The summed E-state index contributed by atoms with van der Waals surface area (Å²) in [6.07, 6.45) is 5.44. The van der Waals surface area contributed by atoms with E-state index < -0.39 is 11.9 Å². The fourth-order valence-electron chi connectivity index (χ4n) is 4.04. The number of nitrogens with one attached hydrogen (secondary N) is 1. The first-order valence-corrected chi connectivity index (χ1v) is 11.2. The highest BCUT2D eigenvalue weighted by molar-refractivity contribution is 7.10. The summed E-state index contributed by atoms with van der Waals surface area (Å²) in [5.74, 6) is -0.811. The molecule has 31 heavy (non-hydrogen) atoms. The number of hydrogen-bond acceptors (Lipinski definition) is 5. The van der Waals surface area contributed by atoms with E-state index >= 15 is 0 Å². The number of hydrogen-bond donors (Lipinski definition) is 1. The van der Waals surface area contributed by atoms with Gasteiger partial charge < -0.3 is 9.73 Å². The number of anilines is 1. The lowest BCUT2D eigenvalue weighted by atomic mass is 10.0. The van der Waals surface area contributed by atoms with Crippen molar-refractivity contribution in [3.05, 3.63) is 76.4 Å². The molecule has 1 aliphatic rings. The van der Waals surface area contributed by atoms with Gasteiger partial charge in [-0.05, 0) is 55.5 Å². The van der Waals surface area contributed by atoms with Crippen LogP contribution in [0.15, 0.2) is 64.6 Å². The number of benzene rings is 1. The third-order valence-electron chi connectivity index (χ3n) is 5.51. The van der Waals surface area contributed by atoms with Crippen LogP contribution in [0, 0.1) is 0 Å². The normalized spacial score (nSPS) is 14.9. The molecule has 1 atom stereocenters. The molecular weight excluding hydrogens is 412 g/mol. The van der Waals surface area contributed by atoms with Crippen LogP contribution in [0.2, 0.25) is 0 Å². The van der Waals surface area contributed by atoms with Gasteiger partial charge in [0.15, 0.2) is 17.6 Å². The summed E-state index contributed by atoms with van der Waals surface area (Å²) in [7, 11) is 0. The van der Waals surface area contributed by atoms with Crippen LogP contribution >= 0.6 is 11.3 Å². The molecular formula is C24H24N2O4S. The summed E-state index contributed by atoms with van der Waals surface area (Å²) >= 11 is 1.40. The van der Waals surface area contributed by atoms with Gasteiger partial charge in [-0.2, -0.15) is 0 Å². The number of carbonyl (C=O) groups is 3. The first-order chi connectivity index (χ1) is 15.1. The molecule has 7 heteroatoms. The smallest absolute Gasteiger partial charge is 0.295 e. The molecule has 0 spiro atoms. The van der Waals surface area contributed by atoms with Crippen molar-refractivity contribution in [1.29, 1.82) is 0 Å². The molecule has 160 valence electrons. The molecule has 4 rings (SSSR count). The number of carbonyl (C=O) groups excluding carboxylic acids is 3. The molecule has 1 fully saturated rings. The molecule has 0 bridgehead atoms. The zero-order valence-electron chi connectivity index (χ0n) is 17.2. The molecule has 1 aromatic carbocycles. The number of furan rings is 1. The monoisotopic (exact) mass is 436 g/mol. The molecule has 2 amide bonds. The van der Waals surface area contributed by atoms with Crippen molar-refractivity contribution in [2.45, 2.75) is 44.7 Å². The SMILES string of the molecule is CC(=O)c1ccccc1N(C(=O)c1ccco1)[C@H](C(=O)NC1CCCC1)c1cccs1. The zero-order chi connectivity index (χ0) is 21.8. The quantitative estimate of drug-likeness (QED) is 0.529. The average Bonchev–Trinajstić information content (AvgIpc) is 3.55. The zero-order valence-corrected chi connectivity index (χ0v) is 18.1. The maximum atomic E-state index is 13.6. The molecule has 0 saturated heterocycles. The number of thiophene rings is 1. The Hall–Kier alpha value is -3.19. The van der Waals surface area contributed by atoms with Gasteiger partial charge in [0, 0.05) is 16.5 Å². The topological polar surface area (TPSA) is 79.6 Å². The van der Waals surface area contributed by atoms with Crippen LogP contribution in [0.5, 0.6) is 0 Å². The lowest BCUT2D eigenvalue weighted by molar-refractivity contribution is -0.123. The van der Waals surface area contributed by atoms with Gasteiger partial charge in [-0.1, -0.05) is 31.0 Å². The predicted octanol–water partition coefficient (Wildman–Crippen LogP) is 4.99. The summed E-state index contributed by atoms with van der Waals surface area (Å²) in [4.78, 5) is 41.6. The molecule has 0 radical (unpaired) electrons. The summed E-state index contributed by atoms with van der Waals surface area (Å²) in [6, 6.07) is 12.9. The summed E-state index contributed by atoms with van der Waals surface area (Å²) in [5, 5.41) is 5.00. The Kier molecular flexibility index (Phi) is 6.32. The number of para-hydroxylation sites is 1. The first-order valence-electron chi connectivity index (χ1n) is 10.4. The van der Waals surface area contributed by atoms with Crippen LogP contribution in [-0.2, 0) is 4.79 Å². The second-order valence-electron chi connectivity index (χ2n) is 7.63. The van der Waals surface area contributed by atoms with Gasteiger partial charge >= 0.3 is 0 Å². The Morgan fingerprint density at radius 2 is 1.84 bits per heavy atom. The summed E-state index contributed by atoms with van der Waals surface area (Å²) < 4.78 is 5.37. The first kappa shape index (κ1) is 21.1. The van der Waals surface area contributed by atoms with Crippen LogP contribution in [0.3, 0.4) is 0 Å². The summed E-state index contributed by atoms with van der Waals surface area (Å²) in [5.41, 5.74) is 0.758. The van der Waals surface area contributed by atoms with E-state index in [0.717, 1.165) is 25.7 Å². The van der Waals surface area contributed by atoms with E-state index in [0.29, 0.717) is 16.1 Å². The molecule has 3 aromatic rings. The molecule has 0 unspecified atom stereocenters. The van der Waals surface area contributed by atoms with E-state index in [2.05, 4.69) is 5.32 Å². The standard InChI is InChI=1S/C24H24N2O4S/c1-16(27)18-10-4-5-11-19(18)26(24(29)20-12-6-14-30-20)22(21-13-7-15-31-21)23(28)25-17-8-2-3-9-17/h4-7,10-15,17,22H,2-3,8-9H2,1H3,(H,25,28)/t22-/m0/s1. The van der Waals surface area contributed by atoms with E-state index in [4.69, 9.17) is 4.42 Å². The van der Waals surface area contributed by atoms with Gasteiger partial charge in [0.05, 0.1) is 12.0 Å². The highest BCUT2D eigenvalue weighted by atomic mass is 32.1. The van der Waals surface area contributed by atoms with Crippen molar-refractivity contribution in [2.75, 3.05) is 4.90 Å². The molecule has 1 aliphatic carbocycles. The third kappa shape index (κ3) is 4.46. The minimum atomic E-state index is -0.918. The van der Waals surface area contributed by atoms with Crippen LogP contribution in [0.25, 0.3) is 0 Å². The summed E-state index contributed by atoms with van der Waals surface area (Å²) in [6.45, 7) is 1.45.